The van der Waals surface area contributed by atoms with E-state index in [1.54, 1.807) is 6.21 Å². The number of carbonyl (C=O) groups is 1. The monoisotopic (exact) mass is 591 g/mol. The van der Waals surface area contributed by atoms with Gasteiger partial charge in [-0.3, -0.25) is 9.36 Å². The molecule has 0 spiro atoms. The normalized spacial score (nSPS) is 11.4. The van der Waals surface area contributed by atoms with E-state index in [1.165, 1.54) is 11.8 Å². The molecule has 0 radical (unpaired) electrons. The maximum atomic E-state index is 12.9. The molecule has 0 unspecified atom stereocenters. The van der Waals surface area contributed by atoms with Gasteiger partial charge < -0.3 is 4.74 Å². The molecule has 9 heteroatoms. The van der Waals surface area contributed by atoms with Crippen LogP contribution in [0.3, 0.4) is 0 Å². The standard InChI is InChI=1S/C33H26ClN5O2S/c1-2-41-27-17-15-26(16-18-27)39-32(22-11-13-25(34)14-12-22)37-38-33(39)42-21-31(40)36-35-20-30-28-9-5-3-7-23(28)19-24-8-4-6-10-29(24)30/h3-20H,2,21H2,1H3,(H,36,40). The van der Waals surface area contributed by atoms with Gasteiger partial charge in [0.1, 0.15) is 5.75 Å². The molecule has 0 aliphatic carbocycles. The zero-order valence-electron chi connectivity index (χ0n) is 22.7. The zero-order chi connectivity index (χ0) is 28.9. The van der Waals surface area contributed by atoms with Crippen LogP contribution in [0.4, 0.5) is 0 Å². The van der Waals surface area contributed by atoms with Crippen LogP contribution in [0.25, 0.3) is 38.6 Å². The summed E-state index contributed by atoms with van der Waals surface area (Å²) >= 11 is 7.39. The summed E-state index contributed by atoms with van der Waals surface area (Å²) in [5.74, 6) is 1.26. The molecule has 0 bridgehead atoms. The Hall–Kier alpha value is -4.66. The van der Waals surface area contributed by atoms with Crippen molar-refractivity contribution in [3.63, 3.8) is 0 Å². The van der Waals surface area contributed by atoms with Crippen LogP contribution >= 0.6 is 23.4 Å². The quantitative estimate of drug-likeness (QED) is 0.0813. The summed E-state index contributed by atoms with van der Waals surface area (Å²) in [6.45, 7) is 2.53. The molecule has 0 saturated carbocycles. The largest absolute Gasteiger partial charge is 0.494 e. The number of hydrogen-bond acceptors (Lipinski definition) is 6. The van der Waals surface area contributed by atoms with Gasteiger partial charge in [-0.15, -0.1) is 10.2 Å². The van der Waals surface area contributed by atoms with Gasteiger partial charge in [-0.1, -0.05) is 71.9 Å². The molecule has 1 amide bonds. The van der Waals surface area contributed by atoms with E-state index in [0.29, 0.717) is 22.6 Å². The van der Waals surface area contributed by atoms with Crippen molar-refractivity contribution in [1.29, 1.82) is 0 Å². The summed E-state index contributed by atoms with van der Waals surface area (Å²) in [6, 6.07) is 33.6. The lowest BCUT2D eigenvalue weighted by Crippen LogP contribution is -2.20. The summed E-state index contributed by atoms with van der Waals surface area (Å²) in [5.41, 5.74) is 5.33. The van der Waals surface area contributed by atoms with Crippen molar-refractivity contribution in [2.24, 2.45) is 5.10 Å². The van der Waals surface area contributed by atoms with E-state index in [-0.39, 0.29) is 11.7 Å². The minimum absolute atomic E-state index is 0.101. The van der Waals surface area contributed by atoms with E-state index in [9.17, 15) is 4.79 Å². The second kappa shape index (κ2) is 12.5. The van der Waals surface area contributed by atoms with Gasteiger partial charge in [0.15, 0.2) is 11.0 Å². The first-order valence-corrected chi connectivity index (χ1v) is 14.8. The minimum Gasteiger partial charge on any atom is -0.494 e. The Balaban J connectivity index is 1.23. The van der Waals surface area contributed by atoms with Crippen molar-refractivity contribution in [2.45, 2.75) is 12.1 Å². The maximum Gasteiger partial charge on any atom is 0.250 e. The average Bonchev–Trinajstić information content (AvgIpc) is 3.44. The number of thioether (sulfide) groups is 1. The van der Waals surface area contributed by atoms with E-state index in [0.717, 1.165) is 44.1 Å². The number of ether oxygens (including phenoxy) is 1. The fourth-order valence-electron chi connectivity index (χ4n) is 4.76. The first-order chi connectivity index (χ1) is 20.6. The van der Waals surface area contributed by atoms with Gasteiger partial charge >= 0.3 is 0 Å². The molecule has 208 valence electrons. The molecular formula is C33H26ClN5O2S. The lowest BCUT2D eigenvalue weighted by Gasteiger charge is -2.11. The summed E-state index contributed by atoms with van der Waals surface area (Å²) in [6.07, 6.45) is 1.72. The van der Waals surface area contributed by atoms with Crippen LogP contribution in [0.1, 0.15) is 12.5 Å². The van der Waals surface area contributed by atoms with Gasteiger partial charge in [0.25, 0.3) is 5.91 Å². The van der Waals surface area contributed by atoms with Crippen LogP contribution in [-0.4, -0.2) is 39.2 Å². The van der Waals surface area contributed by atoms with E-state index in [1.807, 2.05) is 84.3 Å². The highest BCUT2D eigenvalue weighted by Crippen LogP contribution is 2.30. The van der Waals surface area contributed by atoms with Crippen LogP contribution in [0, 0.1) is 0 Å². The van der Waals surface area contributed by atoms with Crippen LogP contribution in [0.15, 0.2) is 113 Å². The topological polar surface area (TPSA) is 81.4 Å². The van der Waals surface area contributed by atoms with E-state index < -0.39 is 0 Å². The molecule has 6 rings (SSSR count). The Morgan fingerprint density at radius 3 is 2.26 bits per heavy atom. The Labute approximate surface area is 252 Å². The summed E-state index contributed by atoms with van der Waals surface area (Å²) in [4.78, 5) is 12.9. The van der Waals surface area contributed by atoms with Gasteiger partial charge in [0.05, 0.1) is 18.6 Å². The van der Waals surface area contributed by atoms with Crippen LogP contribution in [0.2, 0.25) is 5.02 Å². The summed E-state index contributed by atoms with van der Waals surface area (Å²) in [5, 5.41) is 18.8. The van der Waals surface area contributed by atoms with Crippen LogP contribution < -0.4 is 10.2 Å². The zero-order valence-corrected chi connectivity index (χ0v) is 24.3. The van der Waals surface area contributed by atoms with E-state index >= 15 is 0 Å². The number of nitrogens with one attached hydrogen (secondary N) is 1. The third-order valence-corrected chi connectivity index (χ3v) is 7.85. The number of rotatable bonds is 9. The van der Waals surface area contributed by atoms with Gasteiger partial charge in [0.2, 0.25) is 0 Å². The second-order valence-corrected chi connectivity index (χ2v) is 10.8. The molecule has 0 atom stereocenters. The lowest BCUT2D eigenvalue weighted by molar-refractivity contribution is -0.118. The van der Waals surface area contributed by atoms with Crippen molar-refractivity contribution in [3.05, 3.63) is 114 Å². The van der Waals surface area contributed by atoms with Crippen LogP contribution in [-0.2, 0) is 4.79 Å². The molecule has 1 N–H and O–H groups in total. The van der Waals surface area contributed by atoms with Crippen molar-refractivity contribution < 1.29 is 9.53 Å². The van der Waals surface area contributed by atoms with E-state index in [4.69, 9.17) is 16.3 Å². The predicted molar refractivity (Wildman–Crippen MR) is 171 cm³/mol. The molecule has 7 nitrogen and oxygen atoms in total. The maximum absolute atomic E-state index is 12.9. The van der Waals surface area contributed by atoms with Gasteiger partial charge in [-0.25, -0.2) is 5.43 Å². The van der Waals surface area contributed by atoms with Crippen molar-refractivity contribution >= 4 is 57.0 Å². The van der Waals surface area contributed by atoms with Crippen molar-refractivity contribution in [1.82, 2.24) is 20.2 Å². The van der Waals surface area contributed by atoms with E-state index in [2.05, 4.69) is 51.1 Å². The molecule has 0 aliphatic rings. The number of aromatic nitrogens is 3. The first-order valence-electron chi connectivity index (χ1n) is 13.4. The number of benzene rings is 5. The number of halogens is 1. The number of amides is 1. The average molecular weight is 592 g/mol. The molecule has 1 heterocycles. The lowest BCUT2D eigenvalue weighted by atomic mass is 9.97. The third kappa shape index (κ3) is 5.86. The molecule has 42 heavy (non-hydrogen) atoms. The van der Waals surface area contributed by atoms with Crippen LogP contribution in [0.5, 0.6) is 5.75 Å². The molecule has 5 aromatic carbocycles. The Morgan fingerprint density at radius 1 is 0.929 bits per heavy atom. The highest BCUT2D eigenvalue weighted by Gasteiger charge is 2.18. The Kier molecular flexibility index (Phi) is 8.16. The molecule has 0 fully saturated rings. The van der Waals surface area contributed by atoms with Crippen molar-refractivity contribution in [3.8, 4) is 22.8 Å². The molecule has 0 saturated heterocycles. The molecule has 6 aromatic rings. The fourth-order valence-corrected chi connectivity index (χ4v) is 5.63. The fraction of sp³-hybridized carbons (Fsp3) is 0.0909. The molecular weight excluding hydrogens is 566 g/mol. The highest BCUT2D eigenvalue weighted by molar-refractivity contribution is 7.99. The van der Waals surface area contributed by atoms with Gasteiger partial charge in [-0.05, 0) is 83.1 Å². The summed E-state index contributed by atoms with van der Waals surface area (Å²) in [7, 11) is 0. The first kappa shape index (κ1) is 27.5. The number of carbonyl (C=O) groups excluding carboxylic acids is 1. The SMILES string of the molecule is CCOc1ccc(-n2c(SCC(=O)NN=Cc3c4ccccc4cc4ccccc34)nnc2-c2ccc(Cl)cc2)cc1. The third-order valence-electron chi connectivity index (χ3n) is 6.67. The minimum atomic E-state index is -0.255. The van der Waals surface area contributed by atoms with Crippen molar-refractivity contribution in [2.75, 3.05) is 12.4 Å². The molecule has 1 aromatic heterocycles. The van der Waals surface area contributed by atoms with Gasteiger partial charge in [-0.2, -0.15) is 5.10 Å². The number of hydrazone groups is 1. The summed E-state index contributed by atoms with van der Waals surface area (Å²) < 4.78 is 7.52. The number of nitrogens with zero attached hydrogens (tertiary/aromatic N) is 4. The number of fused-ring (bicyclic) bond motifs is 2. The Morgan fingerprint density at radius 2 is 1.60 bits per heavy atom. The van der Waals surface area contributed by atoms with Gasteiger partial charge in [0, 0.05) is 21.8 Å². The Bertz CT molecular complexity index is 1850. The highest BCUT2D eigenvalue weighted by atomic mass is 35.5. The number of hydrogen-bond donors (Lipinski definition) is 1. The predicted octanol–water partition coefficient (Wildman–Crippen LogP) is 7.54. The second-order valence-electron chi connectivity index (χ2n) is 9.39. The smallest absolute Gasteiger partial charge is 0.250 e. The molecule has 0 aliphatic heterocycles.